The average molecular weight is 416 g/mol. The van der Waals surface area contributed by atoms with Gasteiger partial charge in [0.1, 0.15) is 0 Å². The van der Waals surface area contributed by atoms with Gasteiger partial charge in [0, 0.05) is 24.4 Å². The molecule has 0 aromatic heterocycles. The van der Waals surface area contributed by atoms with Crippen molar-refractivity contribution < 1.29 is 5.11 Å². The monoisotopic (exact) mass is 415 g/mol. The topological polar surface area (TPSA) is 32.3 Å². The van der Waals surface area contributed by atoms with Crippen molar-refractivity contribution in [3.8, 4) is 0 Å². The molecule has 0 saturated carbocycles. The van der Waals surface area contributed by atoms with Crippen LogP contribution in [-0.2, 0) is 0 Å². The molecule has 4 unspecified atom stereocenters. The minimum Gasteiger partial charge on any atom is -0.392 e. The predicted octanol–water partition coefficient (Wildman–Crippen LogP) is 6.31. The van der Waals surface area contributed by atoms with Crippen LogP contribution in [0.15, 0.2) is 66.3 Å². The van der Waals surface area contributed by atoms with Crippen molar-refractivity contribution >= 4 is 5.57 Å². The maximum Gasteiger partial charge on any atom is 0.0679 e. The first kappa shape index (κ1) is 21.0. The number of hydrogen-bond donors (Lipinski definition) is 2. The molecule has 31 heavy (non-hydrogen) atoms. The number of benzene rings is 1. The Labute approximate surface area is 187 Å². The molecule has 5 rings (SSSR count). The molecule has 0 amide bonds. The molecular weight excluding hydrogens is 378 g/mol. The lowest BCUT2D eigenvalue weighted by Crippen LogP contribution is -2.33. The Morgan fingerprint density at radius 1 is 0.968 bits per heavy atom. The molecule has 2 nitrogen and oxygen atoms in total. The number of aliphatic hydroxyl groups excluding tert-OH is 1. The van der Waals surface area contributed by atoms with E-state index in [0.29, 0.717) is 23.8 Å². The molecule has 0 spiro atoms. The maximum atomic E-state index is 10.2. The Balaban J connectivity index is 1.36. The lowest BCUT2D eigenvalue weighted by atomic mass is 9.74. The van der Waals surface area contributed by atoms with Crippen LogP contribution in [0.5, 0.6) is 0 Å². The predicted molar refractivity (Wildman–Crippen MR) is 130 cm³/mol. The van der Waals surface area contributed by atoms with Crippen LogP contribution in [0.25, 0.3) is 5.57 Å². The van der Waals surface area contributed by atoms with Crippen molar-refractivity contribution in [3.63, 3.8) is 0 Å². The van der Waals surface area contributed by atoms with Gasteiger partial charge in [-0.25, -0.2) is 0 Å². The van der Waals surface area contributed by atoms with Crippen LogP contribution < -0.4 is 5.32 Å². The third-order valence-electron chi connectivity index (χ3n) is 7.84. The van der Waals surface area contributed by atoms with Crippen LogP contribution in [0, 0.1) is 11.8 Å². The first-order valence-electron chi connectivity index (χ1n) is 12.5. The summed E-state index contributed by atoms with van der Waals surface area (Å²) in [5.41, 5.74) is 5.84. The van der Waals surface area contributed by atoms with Crippen molar-refractivity contribution in [1.82, 2.24) is 5.32 Å². The second-order valence-electron chi connectivity index (χ2n) is 9.96. The smallest absolute Gasteiger partial charge is 0.0679 e. The summed E-state index contributed by atoms with van der Waals surface area (Å²) in [5.74, 6) is 1.50. The average Bonchev–Trinajstić information content (AvgIpc) is 3.27. The summed E-state index contributed by atoms with van der Waals surface area (Å²) in [7, 11) is 0. The fourth-order valence-corrected chi connectivity index (χ4v) is 6.10. The summed E-state index contributed by atoms with van der Waals surface area (Å²) < 4.78 is 0. The normalized spacial score (nSPS) is 31.9. The molecule has 2 heteroatoms. The highest BCUT2D eigenvalue weighted by molar-refractivity contribution is 5.66. The van der Waals surface area contributed by atoms with Crippen molar-refractivity contribution in [2.75, 3.05) is 6.54 Å². The fourth-order valence-electron chi connectivity index (χ4n) is 6.10. The lowest BCUT2D eigenvalue weighted by molar-refractivity contribution is 0.190. The Morgan fingerprint density at radius 2 is 1.87 bits per heavy atom. The number of allylic oxidation sites excluding steroid dienone is 8. The van der Waals surface area contributed by atoms with E-state index in [1.165, 1.54) is 67.2 Å². The third-order valence-corrected chi connectivity index (χ3v) is 7.84. The van der Waals surface area contributed by atoms with Gasteiger partial charge in [0.15, 0.2) is 0 Å². The van der Waals surface area contributed by atoms with Crippen LogP contribution in [0.3, 0.4) is 0 Å². The quantitative estimate of drug-likeness (QED) is 0.552. The summed E-state index contributed by atoms with van der Waals surface area (Å²) >= 11 is 0. The molecule has 1 saturated heterocycles. The fraction of sp³-hybridized carbons (Fsp3) is 0.517. The number of hydrogen-bond acceptors (Lipinski definition) is 2. The standard InChI is InChI=1S/C29H37NO/c31-27-19-28(30-20-27)29(25-15-11-23(12-16-25)21-7-3-1-4-8-21)26-17-13-24(14-18-26)22-9-5-2-6-10-22/h3,7,9,11-15,17-18,21,25,27-31H,1-2,4-6,8,10,16,19-20H2/t21?,25?,27-,28?,29?/m0/s1. The van der Waals surface area contributed by atoms with Crippen LogP contribution >= 0.6 is 0 Å². The van der Waals surface area contributed by atoms with Gasteiger partial charge in [-0.2, -0.15) is 0 Å². The minimum atomic E-state index is -0.217. The van der Waals surface area contributed by atoms with E-state index in [4.69, 9.17) is 0 Å². The number of aliphatic hydroxyl groups is 1. The highest BCUT2D eigenvalue weighted by Gasteiger charge is 2.35. The zero-order valence-corrected chi connectivity index (χ0v) is 18.7. The van der Waals surface area contributed by atoms with E-state index in [9.17, 15) is 5.11 Å². The van der Waals surface area contributed by atoms with Crippen molar-refractivity contribution in [2.24, 2.45) is 11.8 Å². The first-order chi connectivity index (χ1) is 15.3. The van der Waals surface area contributed by atoms with Gasteiger partial charge in [-0.05, 0) is 86.0 Å². The molecule has 1 aromatic carbocycles. The highest BCUT2D eigenvalue weighted by atomic mass is 16.3. The van der Waals surface area contributed by atoms with Crippen LogP contribution in [0.1, 0.15) is 74.8 Å². The number of rotatable bonds is 5. The zero-order valence-electron chi connectivity index (χ0n) is 18.7. The van der Waals surface area contributed by atoms with E-state index in [-0.39, 0.29) is 6.10 Å². The molecular formula is C29H37NO. The minimum absolute atomic E-state index is 0.217. The van der Waals surface area contributed by atoms with Gasteiger partial charge in [0.25, 0.3) is 0 Å². The van der Waals surface area contributed by atoms with Gasteiger partial charge in [0.05, 0.1) is 6.10 Å². The van der Waals surface area contributed by atoms with Gasteiger partial charge in [-0.1, -0.05) is 60.7 Å². The first-order valence-corrected chi connectivity index (χ1v) is 12.5. The number of β-amino-alcohol motifs (C(OH)–C–C–N with tert-alkyl or cyclic N) is 1. The molecule has 2 N–H and O–H groups in total. The number of nitrogens with one attached hydrogen (secondary N) is 1. The summed E-state index contributed by atoms with van der Waals surface area (Å²) in [5, 5.41) is 13.8. The molecule has 5 atom stereocenters. The van der Waals surface area contributed by atoms with Gasteiger partial charge < -0.3 is 10.4 Å². The lowest BCUT2D eigenvalue weighted by Gasteiger charge is -2.33. The molecule has 3 aliphatic carbocycles. The van der Waals surface area contributed by atoms with Crippen LogP contribution in [0.4, 0.5) is 0 Å². The van der Waals surface area contributed by atoms with E-state index >= 15 is 0 Å². The van der Waals surface area contributed by atoms with Gasteiger partial charge >= 0.3 is 0 Å². The summed E-state index contributed by atoms with van der Waals surface area (Å²) in [6, 6.07) is 9.74. The molecule has 4 aliphatic rings. The van der Waals surface area contributed by atoms with Crippen LogP contribution in [0.2, 0.25) is 0 Å². The van der Waals surface area contributed by atoms with E-state index in [2.05, 4.69) is 66.0 Å². The molecule has 0 radical (unpaired) electrons. The second-order valence-corrected chi connectivity index (χ2v) is 9.96. The van der Waals surface area contributed by atoms with Crippen molar-refractivity contribution in [2.45, 2.75) is 75.9 Å². The van der Waals surface area contributed by atoms with Gasteiger partial charge in [-0.3, -0.25) is 0 Å². The molecule has 1 heterocycles. The summed E-state index contributed by atoms with van der Waals surface area (Å²) in [6.07, 6.45) is 25.2. The van der Waals surface area contributed by atoms with Crippen LogP contribution in [-0.4, -0.2) is 23.8 Å². The summed E-state index contributed by atoms with van der Waals surface area (Å²) in [6.45, 7) is 0.719. The van der Waals surface area contributed by atoms with E-state index in [1.807, 2.05) is 0 Å². The van der Waals surface area contributed by atoms with E-state index < -0.39 is 0 Å². The maximum absolute atomic E-state index is 10.2. The van der Waals surface area contributed by atoms with Gasteiger partial charge in [0.2, 0.25) is 0 Å². The largest absolute Gasteiger partial charge is 0.392 e. The van der Waals surface area contributed by atoms with Gasteiger partial charge in [-0.15, -0.1) is 0 Å². The third kappa shape index (κ3) is 4.81. The Morgan fingerprint density at radius 3 is 2.52 bits per heavy atom. The highest BCUT2D eigenvalue weighted by Crippen LogP contribution is 2.40. The van der Waals surface area contributed by atoms with Crippen molar-refractivity contribution in [3.05, 3.63) is 77.4 Å². The zero-order chi connectivity index (χ0) is 21.0. The van der Waals surface area contributed by atoms with E-state index in [1.54, 1.807) is 0 Å². The molecule has 164 valence electrons. The molecule has 0 bridgehead atoms. The Hall–Kier alpha value is -1.90. The molecule has 1 aromatic rings. The summed E-state index contributed by atoms with van der Waals surface area (Å²) in [4.78, 5) is 0. The van der Waals surface area contributed by atoms with E-state index in [0.717, 1.165) is 19.4 Å². The van der Waals surface area contributed by atoms with Crippen molar-refractivity contribution in [1.29, 1.82) is 0 Å². The SMILES string of the molecule is O[C@@H]1CNC(C(c2ccc(C3=CCCCC3)cc2)C2C=CC(C3C=CCCC3)=CC2)C1. The molecule has 1 fully saturated rings. The molecule has 1 aliphatic heterocycles. The Bertz CT molecular complexity index is 875. The Kier molecular flexibility index (Phi) is 6.57. The second kappa shape index (κ2) is 9.71.